The first-order chi connectivity index (χ1) is 19.4. The molecule has 4 aromatic rings. The molecule has 0 aliphatic carbocycles. The molecular weight excluding hydrogens is 546 g/mol. The van der Waals surface area contributed by atoms with Crippen LogP contribution in [-0.4, -0.2) is 28.1 Å². The molecule has 4 heterocycles. The molecule has 2 fully saturated rings. The van der Waals surface area contributed by atoms with Crippen LogP contribution in [-0.2, 0) is 0 Å². The third-order valence-electron chi connectivity index (χ3n) is 7.72. The zero-order valence-electron chi connectivity index (χ0n) is 21.9. The summed E-state index contributed by atoms with van der Waals surface area (Å²) in [7, 11) is 0. The molecule has 0 saturated carbocycles. The summed E-state index contributed by atoms with van der Waals surface area (Å²) >= 11 is 12.7. The zero-order chi connectivity index (χ0) is 27.8. The van der Waals surface area contributed by atoms with Crippen molar-refractivity contribution >= 4 is 46.0 Å². The molecule has 2 aromatic heterocycles. The van der Waals surface area contributed by atoms with Crippen molar-refractivity contribution in [3.63, 3.8) is 0 Å². The fourth-order valence-electron chi connectivity index (χ4n) is 5.57. The Morgan fingerprint density at radius 1 is 1.07 bits per heavy atom. The first kappa shape index (κ1) is 26.3. The van der Waals surface area contributed by atoms with Gasteiger partial charge in [-0.25, -0.2) is 0 Å². The average molecular weight is 574 g/mol. The maximum absolute atomic E-state index is 11.7. The SMILES string of the molecule is CC1CCN(c2ccc(N3C(=S)N[C@H](c4ccccn4)[C@H]3c3ccc(-c4ccccc4[N+](=O)[O-])o3)cc2Cl)CC1. The number of hydrogen-bond donors (Lipinski definition) is 1. The molecule has 1 N–H and O–H groups in total. The second kappa shape index (κ2) is 10.9. The summed E-state index contributed by atoms with van der Waals surface area (Å²) in [5, 5.41) is 16.3. The minimum atomic E-state index is -0.406. The number of piperidine rings is 1. The third kappa shape index (κ3) is 4.91. The Balaban J connectivity index is 1.40. The number of para-hydroxylation sites is 1. The van der Waals surface area contributed by atoms with Crippen LogP contribution in [0.3, 0.4) is 0 Å². The maximum Gasteiger partial charge on any atom is 0.280 e. The number of nitro groups is 1. The van der Waals surface area contributed by atoms with Crippen LogP contribution in [0.1, 0.15) is 43.3 Å². The standard InChI is InChI=1S/C30H28ClN5O3S/c1-19-13-16-34(17-14-19)25-10-9-20(18-22(25)31)35-29(28(33-30(35)40)23-7-4-5-15-32-23)27-12-11-26(39-27)21-6-2-3-8-24(21)36(37)38/h2-12,15,18-19,28-29H,13-14,16-17H2,1H3,(H,33,40)/t28-,29-/m1/s1. The fourth-order valence-corrected chi connectivity index (χ4v) is 6.21. The van der Waals surface area contributed by atoms with Crippen molar-refractivity contribution in [2.24, 2.45) is 5.92 Å². The highest BCUT2D eigenvalue weighted by molar-refractivity contribution is 7.80. The van der Waals surface area contributed by atoms with Crippen molar-refractivity contribution in [1.29, 1.82) is 0 Å². The molecule has 0 bridgehead atoms. The molecule has 2 saturated heterocycles. The van der Waals surface area contributed by atoms with E-state index >= 15 is 0 Å². The molecule has 0 spiro atoms. The van der Waals surface area contributed by atoms with Crippen molar-refractivity contribution in [3.8, 4) is 11.3 Å². The number of furan rings is 1. The van der Waals surface area contributed by atoms with Crippen molar-refractivity contribution < 1.29 is 9.34 Å². The molecule has 2 aliphatic rings. The molecule has 0 radical (unpaired) electrons. The second-order valence-corrected chi connectivity index (χ2v) is 11.1. The van der Waals surface area contributed by atoms with E-state index in [1.54, 1.807) is 30.5 Å². The lowest BCUT2D eigenvalue weighted by atomic mass is 9.98. The summed E-state index contributed by atoms with van der Waals surface area (Å²) in [5.41, 5.74) is 3.03. The number of nitrogens with zero attached hydrogens (tertiary/aromatic N) is 4. The number of pyridine rings is 1. The van der Waals surface area contributed by atoms with Crippen LogP contribution in [0.25, 0.3) is 11.3 Å². The van der Waals surface area contributed by atoms with Gasteiger partial charge in [-0.15, -0.1) is 0 Å². The van der Waals surface area contributed by atoms with E-state index in [0.29, 0.717) is 27.2 Å². The topological polar surface area (TPSA) is 87.7 Å². The van der Waals surface area contributed by atoms with Crippen molar-refractivity contribution in [1.82, 2.24) is 10.3 Å². The van der Waals surface area contributed by atoms with Crippen LogP contribution in [0.15, 0.2) is 83.4 Å². The number of nitrogens with one attached hydrogen (secondary N) is 1. The molecule has 40 heavy (non-hydrogen) atoms. The van der Waals surface area contributed by atoms with Gasteiger partial charge in [-0.05, 0) is 79.5 Å². The predicted octanol–water partition coefficient (Wildman–Crippen LogP) is 7.32. The molecule has 0 unspecified atom stereocenters. The van der Waals surface area contributed by atoms with Gasteiger partial charge in [0.1, 0.15) is 17.6 Å². The van der Waals surface area contributed by atoms with Crippen molar-refractivity contribution in [3.05, 3.63) is 106 Å². The van der Waals surface area contributed by atoms with Crippen LogP contribution in [0.5, 0.6) is 0 Å². The predicted molar refractivity (Wildman–Crippen MR) is 161 cm³/mol. The Kier molecular flexibility index (Phi) is 7.16. The van der Waals surface area contributed by atoms with Gasteiger partial charge in [-0.2, -0.15) is 0 Å². The lowest BCUT2D eigenvalue weighted by Gasteiger charge is -2.33. The number of hydrogen-bond acceptors (Lipinski definition) is 6. The minimum absolute atomic E-state index is 0.0175. The largest absolute Gasteiger partial charge is 0.459 e. The van der Waals surface area contributed by atoms with E-state index in [-0.39, 0.29) is 11.7 Å². The van der Waals surface area contributed by atoms with Gasteiger partial charge in [-0.3, -0.25) is 15.1 Å². The van der Waals surface area contributed by atoms with Gasteiger partial charge in [0.2, 0.25) is 0 Å². The van der Waals surface area contributed by atoms with E-state index in [2.05, 4.69) is 28.2 Å². The Bertz CT molecular complexity index is 1550. The van der Waals surface area contributed by atoms with Crippen LogP contribution >= 0.6 is 23.8 Å². The first-order valence-corrected chi connectivity index (χ1v) is 14.1. The summed E-state index contributed by atoms with van der Waals surface area (Å²) in [4.78, 5) is 20.2. The van der Waals surface area contributed by atoms with Crippen LogP contribution in [0, 0.1) is 16.0 Å². The van der Waals surface area contributed by atoms with E-state index in [0.717, 1.165) is 48.9 Å². The first-order valence-electron chi connectivity index (χ1n) is 13.3. The molecule has 6 rings (SSSR count). The summed E-state index contributed by atoms with van der Waals surface area (Å²) < 4.78 is 6.34. The van der Waals surface area contributed by atoms with Gasteiger partial charge in [0, 0.05) is 31.0 Å². The van der Waals surface area contributed by atoms with Gasteiger partial charge in [0.05, 0.1) is 32.9 Å². The van der Waals surface area contributed by atoms with Crippen LogP contribution in [0.4, 0.5) is 17.1 Å². The van der Waals surface area contributed by atoms with E-state index in [9.17, 15) is 10.1 Å². The molecule has 2 aliphatic heterocycles. The lowest BCUT2D eigenvalue weighted by Crippen LogP contribution is -2.33. The highest BCUT2D eigenvalue weighted by atomic mass is 35.5. The Morgan fingerprint density at radius 3 is 2.58 bits per heavy atom. The average Bonchev–Trinajstić information content (AvgIpc) is 3.58. The van der Waals surface area contributed by atoms with E-state index < -0.39 is 11.0 Å². The van der Waals surface area contributed by atoms with Crippen LogP contribution < -0.4 is 15.1 Å². The summed E-state index contributed by atoms with van der Waals surface area (Å²) in [6.07, 6.45) is 4.03. The van der Waals surface area contributed by atoms with Gasteiger partial charge in [-0.1, -0.05) is 36.7 Å². The van der Waals surface area contributed by atoms with E-state index in [1.807, 2.05) is 41.3 Å². The van der Waals surface area contributed by atoms with Gasteiger partial charge >= 0.3 is 0 Å². The highest BCUT2D eigenvalue weighted by Crippen LogP contribution is 2.45. The molecule has 10 heteroatoms. The molecule has 2 atom stereocenters. The molecular formula is C30H28ClN5O3S. The van der Waals surface area contributed by atoms with Gasteiger partial charge in [0.25, 0.3) is 5.69 Å². The third-order valence-corrected chi connectivity index (χ3v) is 8.33. The quantitative estimate of drug-likeness (QED) is 0.146. The number of anilines is 2. The molecule has 2 aromatic carbocycles. The minimum Gasteiger partial charge on any atom is -0.459 e. The number of benzene rings is 2. The number of thiocarbonyl (C=S) groups is 1. The van der Waals surface area contributed by atoms with E-state index in [4.69, 9.17) is 28.2 Å². The normalized spacial score (nSPS) is 19.6. The monoisotopic (exact) mass is 573 g/mol. The number of nitro benzene ring substituents is 1. The van der Waals surface area contributed by atoms with Gasteiger partial charge in [0.15, 0.2) is 5.11 Å². The molecule has 204 valence electrons. The second-order valence-electron chi connectivity index (χ2n) is 10.3. The Morgan fingerprint density at radius 2 is 1.85 bits per heavy atom. The molecule has 0 amide bonds. The van der Waals surface area contributed by atoms with Crippen molar-refractivity contribution in [2.45, 2.75) is 31.8 Å². The Labute approximate surface area is 242 Å². The fraction of sp³-hybridized carbons (Fsp3) is 0.267. The summed E-state index contributed by atoms with van der Waals surface area (Å²) in [5.74, 6) is 1.73. The smallest absolute Gasteiger partial charge is 0.280 e. The Hall–Kier alpha value is -3.95. The summed E-state index contributed by atoms with van der Waals surface area (Å²) in [6, 6.07) is 21.2. The number of halogens is 1. The van der Waals surface area contributed by atoms with Crippen molar-refractivity contribution in [2.75, 3.05) is 22.9 Å². The maximum atomic E-state index is 11.7. The summed E-state index contributed by atoms with van der Waals surface area (Å²) in [6.45, 7) is 4.25. The molecule has 8 nitrogen and oxygen atoms in total. The van der Waals surface area contributed by atoms with E-state index in [1.165, 1.54) is 6.07 Å². The van der Waals surface area contributed by atoms with Gasteiger partial charge < -0.3 is 19.5 Å². The highest BCUT2D eigenvalue weighted by Gasteiger charge is 2.43. The number of rotatable bonds is 6. The van der Waals surface area contributed by atoms with Crippen LogP contribution in [0.2, 0.25) is 5.02 Å². The zero-order valence-corrected chi connectivity index (χ0v) is 23.4. The number of aromatic nitrogens is 1. The lowest BCUT2D eigenvalue weighted by molar-refractivity contribution is -0.384.